The van der Waals surface area contributed by atoms with Crippen LogP contribution in [0.2, 0.25) is 0 Å². The van der Waals surface area contributed by atoms with E-state index in [0.29, 0.717) is 18.2 Å². The molecule has 14 nitrogen and oxygen atoms in total. The van der Waals surface area contributed by atoms with Crippen molar-refractivity contribution in [2.24, 2.45) is 5.92 Å². The van der Waals surface area contributed by atoms with Gasteiger partial charge in [0.15, 0.2) is 9.84 Å². The third-order valence-electron chi connectivity index (χ3n) is 10.2. The zero-order valence-electron chi connectivity index (χ0n) is 29.0. The average molecular weight is 727 g/mol. The van der Waals surface area contributed by atoms with Crippen molar-refractivity contribution in [3.05, 3.63) is 36.4 Å². The van der Waals surface area contributed by atoms with Crippen LogP contribution in [0.1, 0.15) is 77.6 Å². The van der Waals surface area contributed by atoms with E-state index < -0.39 is 57.4 Å². The second-order valence-electron chi connectivity index (χ2n) is 13.9. The number of ether oxygens (including phenoxy) is 3. The third-order valence-corrected chi connectivity index (χ3v) is 11.3. The molecule has 1 saturated heterocycles. The van der Waals surface area contributed by atoms with E-state index in [1.165, 1.54) is 11.0 Å². The van der Waals surface area contributed by atoms with Crippen molar-refractivity contribution in [3.8, 4) is 11.6 Å². The van der Waals surface area contributed by atoms with E-state index in [1.807, 2.05) is 12.2 Å². The molecule has 15 heteroatoms. The van der Waals surface area contributed by atoms with Gasteiger partial charge in [-0.15, -0.1) is 0 Å². The van der Waals surface area contributed by atoms with Crippen LogP contribution in [0.3, 0.4) is 0 Å². The number of nitrogens with zero attached hydrogens (tertiary/aromatic N) is 2. The molecule has 5 atom stereocenters. The van der Waals surface area contributed by atoms with E-state index in [0.717, 1.165) is 51.2 Å². The summed E-state index contributed by atoms with van der Waals surface area (Å²) >= 11 is 0. The molecule has 1 aromatic heterocycles. The first kappa shape index (κ1) is 36.4. The second-order valence-corrected chi connectivity index (χ2v) is 15.9. The van der Waals surface area contributed by atoms with Gasteiger partial charge in [0.2, 0.25) is 17.7 Å². The lowest BCUT2D eigenvalue weighted by atomic mass is 10.0. The van der Waals surface area contributed by atoms with Gasteiger partial charge in [-0.05, 0) is 70.4 Å². The Labute approximate surface area is 297 Å². The van der Waals surface area contributed by atoms with E-state index in [-0.39, 0.29) is 60.1 Å². The number of carbonyl (C=O) groups excluding carboxylic acids is 3. The number of pyridine rings is 1. The number of nitrogens with one attached hydrogen (secondary N) is 2. The summed E-state index contributed by atoms with van der Waals surface area (Å²) in [5, 5.41) is 16.1. The van der Waals surface area contributed by atoms with Gasteiger partial charge in [0.1, 0.15) is 35.6 Å². The molecule has 3 heterocycles. The van der Waals surface area contributed by atoms with Crippen molar-refractivity contribution in [3.63, 3.8) is 0 Å². The van der Waals surface area contributed by atoms with Gasteiger partial charge < -0.3 is 34.9 Å². The normalized spacial score (nSPS) is 28.1. The molecule has 2 saturated carbocycles. The maximum absolute atomic E-state index is 14.4. The summed E-state index contributed by atoms with van der Waals surface area (Å²) in [6, 6.07) is 4.13. The van der Waals surface area contributed by atoms with E-state index in [1.54, 1.807) is 25.1 Å². The monoisotopic (exact) mass is 726 g/mol. The van der Waals surface area contributed by atoms with Crippen molar-refractivity contribution in [2.75, 3.05) is 19.4 Å². The molecule has 0 radical (unpaired) electrons. The van der Waals surface area contributed by atoms with Crippen molar-refractivity contribution < 1.29 is 46.9 Å². The summed E-state index contributed by atoms with van der Waals surface area (Å²) in [6.07, 6.45) is 10.2. The minimum Gasteiger partial charge on any atom is -0.488 e. The number of carboxylic acid groups (broad SMARTS) is 1. The number of carbonyl (C=O) groups is 4. The Morgan fingerprint density at radius 3 is 2.59 bits per heavy atom. The van der Waals surface area contributed by atoms with Crippen LogP contribution in [0.5, 0.6) is 11.6 Å². The predicted molar refractivity (Wildman–Crippen MR) is 185 cm³/mol. The van der Waals surface area contributed by atoms with Crippen LogP contribution in [0.4, 0.5) is 4.79 Å². The Morgan fingerprint density at radius 1 is 1.10 bits per heavy atom. The lowest BCUT2D eigenvalue weighted by Gasteiger charge is -2.29. The molecule has 3 fully saturated rings. The van der Waals surface area contributed by atoms with E-state index >= 15 is 0 Å². The van der Waals surface area contributed by atoms with Crippen LogP contribution in [0, 0.1) is 5.92 Å². The predicted octanol–water partition coefficient (Wildman–Crippen LogP) is 3.90. The number of para-hydroxylation sites is 1. The Kier molecular flexibility index (Phi) is 10.7. The highest BCUT2D eigenvalue weighted by molar-refractivity contribution is 7.91. The number of amides is 3. The van der Waals surface area contributed by atoms with Crippen molar-refractivity contribution in [1.29, 1.82) is 0 Å². The molecule has 6 rings (SSSR count). The molecule has 0 spiro atoms. The fraction of sp³-hybridized carbons (Fsp3) is 0.583. The molecule has 51 heavy (non-hydrogen) atoms. The molecule has 1 aromatic carbocycles. The number of aliphatic carboxylic acids is 1. The Balaban J connectivity index is 1.32. The van der Waals surface area contributed by atoms with E-state index in [9.17, 15) is 32.7 Å². The van der Waals surface area contributed by atoms with Crippen LogP contribution in [0.15, 0.2) is 41.3 Å². The first-order chi connectivity index (χ1) is 24.4. The number of fused-ring (bicyclic) bond motifs is 3. The van der Waals surface area contributed by atoms with Gasteiger partial charge >= 0.3 is 12.1 Å². The van der Waals surface area contributed by atoms with Crippen molar-refractivity contribution in [1.82, 2.24) is 20.5 Å². The van der Waals surface area contributed by atoms with Crippen LogP contribution in [-0.2, 0) is 29.0 Å². The first-order valence-corrected chi connectivity index (χ1v) is 19.7. The molecule has 3 amide bonds. The molecular formula is C36H46N4O10S. The second kappa shape index (κ2) is 15.1. The summed E-state index contributed by atoms with van der Waals surface area (Å²) in [5.41, 5.74) is -1.33. The third kappa shape index (κ3) is 8.08. The van der Waals surface area contributed by atoms with Gasteiger partial charge in [-0.2, -0.15) is 0 Å². The fourth-order valence-corrected chi connectivity index (χ4v) is 8.28. The van der Waals surface area contributed by atoms with Gasteiger partial charge in [-0.3, -0.25) is 9.59 Å². The molecule has 3 N–H and O–H groups in total. The highest BCUT2D eigenvalue weighted by atomic mass is 32.2. The van der Waals surface area contributed by atoms with Crippen LogP contribution in [-0.4, -0.2) is 96.5 Å². The number of hydrogen-bond acceptors (Lipinski definition) is 10. The van der Waals surface area contributed by atoms with Crippen molar-refractivity contribution in [2.45, 2.75) is 112 Å². The number of alkyl carbamates (subject to hydrolysis) is 1. The van der Waals surface area contributed by atoms with Crippen LogP contribution in [0.25, 0.3) is 10.9 Å². The zero-order valence-corrected chi connectivity index (χ0v) is 29.8. The summed E-state index contributed by atoms with van der Waals surface area (Å²) in [6.45, 7) is 1.96. The first-order valence-electron chi connectivity index (χ1n) is 17.8. The molecule has 2 aromatic rings. The lowest BCUT2D eigenvalue weighted by Crippen LogP contribution is -2.56. The fourth-order valence-electron chi connectivity index (χ4n) is 7.45. The van der Waals surface area contributed by atoms with Gasteiger partial charge in [-0.25, -0.2) is 23.0 Å². The highest BCUT2D eigenvalue weighted by Gasteiger charge is 2.61. The van der Waals surface area contributed by atoms with Crippen molar-refractivity contribution >= 4 is 44.6 Å². The molecular weight excluding hydrogens is 680 g/mol. The average Bonchev–Trinajstić information content (AvgIpc) is 3.35. The summed E-state index contributed by atoms with van der Waals surface area (Å²) in [5.74, 6) is -2.28. The smallest absolute Gasteiger partial charge is 0.408 e. The molecule has 2 aliphatic carbocycles. The van der Waals surface area contributed by atoms with Crippen LogP contribution >= 0.6 is 0 Å². The molecule has 4 aliphatic rings. The minimum atomic E-state index is -3.68. The Morgan fingerprint density at radius 2 is 1.86 bits per heavy atom. The number of rotatable bonds is 8. The standard InChI is InChI=1S/C36H46N4O10S/c1-3-48-30-19-28(25-15-11-17-29(31(25)38-30)51(2,46)47)49-24-18-27-32(41)39-36(34(43)44)20-22(36)12-7-5-4-6-8-16-26(33(42)40(27)21-24)37-35(45)50-23-13-9-10-14-23/h7,11-12,15,17,19,22-24,26-27H,3-6,8-10,13-14,16,18,20-21H2,1-2H3,(H,37,45)(H,39,41)(H,43,44)/b12-7-/t22-,24+,26-,27-,36+/m0/s1. The maximum atomic E-state index is 14.4. The number of sulfone groups is 1. The van der Waals surface area contributed by atoms with E-state index in [2.05, 4.69) is 15.6 Å². The number of benzene rings is 1. The molecule has 0 unspecified atom stereocenters. The zero-order chi connectivity index (χ0) is 36.3. The van der Waals surface area contributed by atoms with Crippen LogP contribution < -0.4 is 20.1 Å². The molecule has 0 bridgehead atoms. The lowest BCUT2D eigenvalue weighted by molar-refractivity contribution is -0.145. The van der Waals surface area contributed by atoms with Gasteiger partial charge in [0, 0.05) is 30.0 Å². The number of hydrogen-bond donors (Lipinski definition) is 3. The quantitative estimate of drug-likeness (QED) is 0.335. The highest BCUT2D eigenvalue weighted by Crippen LogP contribution is 2.45. The minimum absolute atomic E-state index is 0.00652. The summed E-state index contributed by atoms with van der Waals surface area (Å²) in [7, 11) is -3.68. The molecule has 2 aliphatic heterocycles. The summed E-state index contributed by atoms with van der Waals surface area (Å²) < 4.78 is 43.1. The molecule has 276 valence electrons. The van der Waals surface area contributed by atoms with E-state index in [4.69, 9.17) is 14.2 Å². The summed E-state index contributed by atoms with van der Waals surface area (Å²) in [4.78, 5) is 59.7. The number of aromatic nitrogens is 1. The van der Waals surface area contributed by atoms with Gasteiger partial charge in [0.25, 0.3) is 0 Å². The van der Waals surface area contributed by atoms with Gasteiger partial charge in [0.05, 0.1) is 23.6 Å². The Bertz CT molecular complexity index is 1810. The van der Waals surface area contributed by atoms with Gasteiger partial charge in [-0.1, -0.05) is 31.1 Å². The maximum Gasteiger partial charge on any atom is 0.408 e. The Hall–Kier alpha value is -4.40. The number of allylic oxidation sites excluding steroid dienone is 1. The number of carboxylic acids is 1. The topological polar surface area (TPSA) is 191 Å². The largest absolute Gasteiger partial charge is 0.488 e. The SMILES string of the molecule is CCOc1cc(O[C@@H]2C[C@H]3C(=O)N[C@]4(C(=O)O)C[C@@H]4/C=C\CCCCC[C@H](NC(=O)OC4CCCC4)C(=O)N3C2)c2cccc(S(C)(=O)=O)c2n1.